The Bertz CT molecular complexity index is 434. The quantitative estimate of drug-likeness (QED) is 0.876. The van der Waals surface area contributed by atoms with Crippen LogP contribution in [0, 0.1) is 5.92 Å². The summed E-state index contributed by atoms with van der Waals surface area (Å²) in [5.74, 6) is 0.833. The molecule has 0 radical (unpaired) electrons. The maximum Gasteiger partial charge on any atom is 0.230 e. The zero-order valence-corrected chi connectivity index (χ0v) is 10.9. The number of carbonyl (C=O) groups is 1. The van der Waals surface area contributed by atoms with Gasteiger partial charge in [0, 0.05) is 22.8 Å². The molecule has 0 saturated carbocycles. The molecule has 3 rings (SSSR count). The van der Waals surface area contributed by atoms with Crippen molar-refractivity contribution in [1.82, 2.24) is 10.3 Å². The molecule has 5 heteroatoms. The Balaban J connectivity index is 1.65. The standard InChI is InChI=1S/C12H14BrN3O/c13-7-1-4-11(14-6-7)16-12(17)9-5-8-2-3-10(9)15-8/h1,4,6,8-10,15H,2-3,5H2,(H,14,16,17). The summed E-state index contributed by atoms with van der Waals surface area (Å²) in [5, 5.41) is 6.35. The van der Waals surface area contributed by atoms with Crippen LogP contribution in [0.2, 0.25) is 0 Å². The molecule has 90 valence electrons. The molecule has 3 heterocycles. The summed E-state index contributed by atoms with van der Waals surface area (Å²) in [6, 6.07) is 4.61. The van der Waals surface area contributed by atoms with Crippen LogP contribution in [0.25, 0.3) is 0 Å². The molecule has 3 unspecified atom stereocenters. The third-order valence-electron chi connectivity index (χ3n) is 3.62. The second kappa shape index (κ2) is 4.38. The smallest absolute Gasteiger partial charge is 0.230 e. The molecule has 1 amide bonds. The average molecular weight is 296 g/mol. The first-order chi connectivity index (χ1) is 8.22. The maximum atomic E-state index is 12.1. The fourth-order valence-corrected chi connectivity index (χ4v) is 3.02. The van der Waals surface area contributed by atoms with Crippen molar-refractivity contribution in [2.45, 2.75) is 31.3 Å². The molecule has 4 nitrogen and oxygen atoms in total. The second-order valence-electron chi connectivity index (χ2n) is 4.74. The molecular formula is C12H14BrN3O. The van der Waals surface area contributed by atoms with Crippen LogP contribution < -0.4 is 10.6 Å². The number of halogens is 1. The number of aromatic nitrogens is 1. The molecule has 0 spiro atoms. The minimum absolute atomic E-state index is 0.0968. The van der Waals surface area contributed by atoms with E-state index in [1.807, 2.05) is 12.1 Å². The lowest BCUT2D eigenvalue weighted by Gasteiger charge is -2.18. The van der Waals surface area contributed by atoms with Gasteiger partial charge in [0.1, 0.15) is 5.82 Å². The molecule has 2 bridgehead atoms. The van der Waals surface area contributed by atoms with E-state index in [1.54, 1.807) is 6.20 Å². The Morgan fingerprint density at radius 2 is 2.35 bits per heavy atom. The van der Waals surface area contributed by atoms with E-state index in [1.165, 1.54) is 6.42 Å². The predicted molar refractivity (Wildman–Crippen MR) is 68.6 cm³/mol. The first-order valence-electron chi connectivity index (χ1n) is 5.91. The van der Waals surface area contributed by atoms with E-state index in [-0.39, 0.29) is 11.8 Å². The van der Waals surface area contributed by atoms with Gasteiger partial charge in [0.05, 0.1) is 5.92 Å². The topological polar surface area (TPSA) is 54.0 Å². The maximum absolute atomic E-state index is 12.1. The first-order valence-corrected chi connectivity index (χ1v) is 6.70. The molecule has 3 atom stereocenters. The number of amides is 1. The van der Waals surface area contributed by atoms with Crippen LogP contribution >= 0.6 is 15.9 Å². The largest absolute Gasteiger partial charge is 0.310 e. The average Bonchev–Trinajstić information content (AvgIpc) is 2.94. The third-order valence-corrected chi connectivity index (χ3v) is 4.08. The number of hydrogen-bond donors (Lipinski definition) is 2. The summed E-state index contributed by atoms with van der Waals surface area (Å²) in [4.78, 5) is 16.2. The number of hydrogen-bond acceptors (Lipinski definition) is 3. The number of pyridine rings is 1. The van der Waals surface area contributed by atoms with E-state index in [0.29, 0.717) is 17.9 Å². The number of rotatable bonds is 2. The van der Waals surface area contributed by atoms with Gasteiger partial charge >= 0.3 is 0 Å². The molecule has 0 aromatic carbocycles. The summed E-state index contributed by atoms with van der Waals surface area (Å²) in [6.45, 7) is 0. The van der Waals surface area contributed by atoms with Crippen molar-refractivity contribution >= 4 is 27.7 Å². The van der Waals surface area contributed by atoms with Gasteiger partial charge < -0.3 is 10.6 Å². The third kappa shape index (κ3) is 2.21. The van der Waals surface area contributed by atoms with Gasteiger partial charge in [-0.1, -0.05) is 0 Å². The normalized spacial score (nSPS) is 30.5. The van der Waals surface area contributed by atoms with Gasteiger partial charge in [-0.25, -0.2) is 4.98 Å². The van der Waals surface area contributed by atoms with E-state index in [2.05, 4.69) is 31.5 Å². The number of fused-ring (bicyclic) bond motifs is 2. The van der Waals surface area contributed by atoms with Gasteiger partial charge in [0.2, 0.25) is 5.91 Å². The van der Waals surface area contributed by atoms with Crippen LogP contribution in [-0.4, -0.2) is 23.0 Å². The van der Waals surface area contributed by atoms with Gasteiger partial charge in [-0.05, 0) is 47.3 Å². The molecule has 1 aromatic heterocycles. The van der Waals surface area contributed by atoms with Crippen molar-refractivity contribution in [2.75, 3.05) is 5.32 Å². The summed E-state index contributed by atoms with van der Waals surface area (Å²) in [5.41, 5.74) is 0. The molecule has 2 saturated heterocycles. The van der Waals surface area contributed by atoms with Crippen molar-refractivity contribution in [3.05, 3.63) is 22.8 Å². The number of nitrogens with one attached hydrogen (secondary N) is 2. The highest BCUT2D eigenvalue weighted by Gasteiger charge is 2.42. The zero-order chi connectivity index (χ0) is 11.8. The molecule has 0 aliphatic carbocycles. The van der Waals surface area contributed by atoms with E-state index in [9.17, 15) is 4.79 Å². The summed E-state index contributed by atoms with van der Waals surface area (Å²) in [6.07, 6.45) is 4.99. The Morgan fingerprint density at radius 3 is 2.94 bits per heavy atom. The number of nitrogens with zero attached hydrogens (tertiary/aromatic N) is 1. The molecule has 2 N–H and O–H groups in total. The Morgan fingerprint density at radius 1 is 1.47 bits per heavy atom. The van der Waals surface area contributed by atoms with E-state index in [0.717, 1.165) is 17.3 Å². The highest BCUT2D eigenvalue weighted by atomic mass is 79.9. The highest BCUT2D eigenvalue weighted by Crippen LogP contribution is 2.33. The van der Waals surface area contributed by atoms with Crippen molar-refractivity contribution < 1.29 is 4.79 Å². The van der Waals surface area contributed by atoms with Crippen LogP contribution in [0.15, 0.2) is 22.8 Å². The highest BCUT2D eigenvalue weighted by molar-refractivity contribution is 9.10. The van der Waals surface area contributed by atoms with Crippen LogP contribution in [0.3, 0.4) is 0 Å². The predicted octanol–water partition coefficient (Wildman–Crippen LogP) is 1.92. The van der Waals surface area contributed by atoms with Gasteiger partial charge in [0.15, 0.2) is 0 Å². The lowest BCUT2D eigenvalue weighted by atomic mass is 9.88. The van der Waals surface area contributed by atoms with E-state index < -0.39 is 0 Å². The van der Waals surface area contributed by atoms with Crippen LogP contribution in [-0.2, 0) is 4.79 Å². The second-order valence-corrected chi connectivity index (χ2v) is 5.66. The van der Waals surface area contributed by atoms with Gasteiger partial charge in [0.25, 0.3) is 0 Å². The van der Waals surface area contributed by atoms with Gasteiger partial charge in [-0.2, -0.15) is 0 Å². The molecular weight excluding hydrogens is 282 g/mol. The minimum atomic E-state index is 0.0968. The van der Waals surface area contributed by atoms with Gasteiger partial charge in [-0.15, -0.1) is 0 Å². The zero-order valence-electron chi connectivity index (χ0n) is 9.32. The van der Waals surface area contributed by atoms with Gasteiger partial charge in [-0.3, -0.25) is 4.79 Å². The Labute approximate surface area is 108 Å². The Hall–Kier alpha value is -0.940. The SMILES string of the molecule is O=C(Nc1ccc(Br)cn1)C1CC2CCC1N2. The molecule has 1 aromatic rings. The van der Waals surface area contributed by atoms with Crippen molar-refractivity contribution in [1.29, 1.82) is 0 Å². The monoisotopic (exact) mass is 295 g/mol. The lowest BCUT2D eigenvalue weighted by Crippen LogP contribution is -2.33. The fraction of sp³-hybridized carbons (Fsp3) is 0.500. The molecule has 2 aliphatic heterocycles. The summed E-state index contributed by atoms with van der Waals surface area (Å²) in [7, 11) is 0. The number of anilines is 1. The van der Waals surface area contributed by atoms with E-state index >= 15 is 0 Å². The number of carbonyl (C=O) groups excluding carboxylic acids is 1. The Kier molecular flexibility index (Phi) is 2.88. The van der Waals surface area contributed by atoms with Crippen molar-refractivity contribution in [3.8, 4) is 0 Å². The van der Waals surface area contributed by atoms with Crippen LogP contribution in [0.4, 0.5) is 5.82 Å². The summed E-state index contributed by atoms with van der Waals surface area (Å²) < 4.78 is 0.914. The molecule has 2 aliphatic rings. The summed E-state index contributed by atoms with van der Waals surface area (Å²) >= 11 is 3.32. The lowest BCUT2D eigenvalue weighted by molar-refractivity contribution is -0.120. The van der Waals surface area contributed by atoms with E-state index in [4.69, 9.17) is 0 Å². The molecule has 2 fully saturated rings. The van der Waals surface area contributed by atoms with Crippen molar-refractivity contribution in [3.63, 3.8) is 0 Å². The van der Waals surface area contributed by atoms with Crippen LogP contribution in [0.1, 0.15) is 19.3 Å². The molecule has 17 heavy (non-hydrogen) atoms. The minimum Gasteiger partial charge on any atom is -0.310 e. The fourth-order valence-electron chi connectivity index (χ4n) is 2.78. The first kappa shape index (κ1) is 11.2. The van der Waals surface area contributed by atoms with Crippen LogP contribution in [0.5, 0.6) is 0 Å². The van der Waals surface area contributed by atoms with Crippen molar-refractivity contribution in [2.24, 2.45) is 5.92 Å².